The zero-order chi connectivity index (χ0) is 18.3. The molecular formula is C19H20N2O3S. The van der Waals surface area contributed by atoms with E-state index in [1.54, 1.807) is 0 Å². The van der Waals surface area contributed by atoms with Gasteiger partial charge in [0, 0.05) is 16.9 Å². The molecule has 0 saturated heterocycles. The molecule has 2 aromatic heterocycles. The van der Waals surface area contributed by atoms with E-state index >= 15 is 0 Å². The van der Waals surface area contributed by atoms with E-state index in [4.69, 9.17) is 0 Å². The Labute approximate surface area is 149 Å². The highest BCUT2D eigenvalue weighted by Crippen LogP contribution is 2.32. The van der Waals surface area contributed by atoms with Crippen molar-refractivity contribution in [3.63, 3.8) is 0 Å². The standard InChI is InChI=1S/C19H20N2O3S/c1-10(2)16-20-17-15(18(22)21(16)12(4)19(23)24)14(9-25-17)13-7-5-11(3)6-8-13/h5-10,12H,1-4H3,(H,23,24). The minimum Gasteiger partial charge on any atom is -0.480 e. The molecule has 1 atom stereocenters. The van der Waals surface area contributed by atoms with E-state index in [0.717, 1.165) is 16.7 Å². The molecule has 0 radical (unpaired) electrons. The molecule has 0 saturated carbocycles. The van der Waals surface area contributed by atoms with Crippen LogP contribution in [0.25, 0.3) is 21.3 Å². The molecule has 0 bridgehead atoms. The summed E-state index contributed by atoms with van der Waals surface area (Å²) in [5, 5.41) is 11.8. The molecule has 2 heterocycles. The van der Waals surface area contributed by atoms with Gasteiger partial charge < -0.3 is 5.11 Å². The van der Waals surface area contributed by atoms with Gasteiger partial charge >= 0.3 is 5.97 Å². The maximum absolute atomic E-state index is 13.2. The lowest BCUT2D eigenvalue weighted by Crippen LogP contribution is -2.32. The highest BCUT2D eigenvalue weighted by atomic mass is 32.1. The van der Waals surface area contributed by atoms with Crippen molar-refractivity contribution in [2.75, 3.05) is 0 Å². The molecule has 0 fully saturated rings. The molecule has 3 rings (SSSR count). The van der Waals surface area contributed by atoms with Crippen molar-refractivity contribution in [3.8, 4) is 11.1 Å². The van der Waals surface area contributed by atoms with E-state index in [-0.39, 0.29) is 11.5 Å². The number of fused-ring (bicyclic) bond motifs is 1. The second-order valence-corrected chi connectivity index (χ2v) is 7.37. The molecule has 5 nitrogen and oxygen atoms in total. The van der Waals surface area contributed by atoms with Crippen molar-refractivity contribution in [1.29, 1.82) is 0 Å². The molecule has 1 N–H and O–H groups in total. The first kappa shape index (κ1) is 17.4. The molecule has 0 aliphatic heterocycles. The zero-order valence-electron chi connectivity index (χ0n) is 14.6. The van der Waals surface area contributed by atoms with Gasteiger partial charge in [0.05, 0.1) is 5.39 Å². The maximum Gasteiger partial charge on any atom is 0.326 e. The van der Waals surface area contributed by atoms with Crippen molar-refractivity contribution in [3.05, 3.63) is 51.4 Å². The van der Waals surface area contributed by atoms with Gasteiger partial charge in [-0.25, -0.2) is 9.78 Å². The number of rotatable bonds is 4. The largest absolute Gasteiger partial charge is 0.480 e. The van der Waals surface area contributed by atoms with Crippen LogP contribution in [0.4, 0.5) is 0 Å². The van der Waals surface area contributed by atoms with Gasteiger partial charge in [-0.2, -0.15) is 0 Å². The number of benzene rings is 1. The molecule has 3 aromatic rings. The van der Waals surface area contributed by atoms with Gasteiger partial charge in [-0.05, 0) is 19.4 Å². The summed E-state index contributed by atoms with van der Waals surface area (Å²) in [6.07, 6.45) is 0. The average molecular weight is 356 g/mol. The summed E-state index contributed by atoms with van der Waals surface area (Å²) in [5.74, 6) is -0.592. The third kappa shape index (κ3) is 2.98. The Morgan fingerprint density at radius 1 is 1.20 bits per heavy atom. The van der Waals surface area contributed by atoms with Crippen LogP contribution in [-0.2, 0) is 4.79 Å². The van der Waals surface area contributed by atoms with Gasteiger partial charge in [0.2, 0.25) is 0 Å². The fourth-order valence-electron chi connectivity index (χ4n) is 2.86. The second kappa shape index (κ2) is 6.44. The summed E-state index contributed by atoms with van der Waals surface area (Å²) in [4.78, 5) is 30.0. The second-order valence-electron chi connectivity index (χ2n) is 6.51. The van der Waals surface area contributed by atoms with Crippen LogP contribution in [0.3, 0.4) is 0 Å². The number of carboxylic acids is 1. The number of hydrogen-bond acceptors (Lipinski definition) is 4. The summed E-state index contributed by atoms with van der Waals surface area (Å²) < 4.78 is 1.32. The van der Waals surface area contributed by atoms with Crippen LogP contribution in [0.5, 0.6) is 0 Å². The van der Waals surface area contributed by atoms with Crippen molar-refractivity contribution >= 4 is 27.5 Å². The fraction of sp³-hybridized carbons (Fsp3) is 0.316. The van der Waals surface area contributed by atoms with Crippen LogP contribution in [0.15, 0.2) is 34.4 Å². The van der Waals surface area contributed by atoms with E-state index < -0.39 is 12.0 Å². The normalized spacial score (nSPS) is 12.7. The quantitative estimate of drug-likeness (QED) is 0.760. The Balaban J connectivity index is 2.34. The summed E-state index contributed by atoms with van der Waals surface area (Å²) in [6.45, 7) is 7.34. The Bertz CT molecular complexity index is 1000. The Kier molecular flexibility index (Phi) is 4.47. The Morgan fingerprint density at radius 3 is 2.40 bits per heavy atom. The predicted octanol–water partition coefficient (Wildman–Crippen LogP) is 4.20. The smallest absolute Gasteiger partial charge is 0.326 e. The molecule has 0 aliphatic rings. The predicted molar refractivity (Wildman–Crippen MR) is 100 cm³/mol. The highest BCUT2D eigenvalue weighted by molar-refractivity contribution is 7.17. The summed E-state index contributed by atoms with van der Waals surface area (Å²) >= 11 is 1.42. The molecule has 0 spiro atoms. The number of carbonyl (C=O) groups is 1. The minimum absolute atomic E-state index is 0.0520. The fourth-order valence-corrected chi connectivity index (χ4v) is 3.80. The first-order valence-corrected chi connectivity index (χ1v) is 9.02. The Hall–Kier alpha value is -2.47. The first-order chi connectivity index (χ1) is 11.8. The van der Waals surface area contributed by atoms with Crippen molar-refractivity contribution in [1.82, 2.24) is 9.55 Å². The summed E-state index contributed by atoms with van der Waals surface area (Å²) in [6, 6.07) is 6.96. The molecule has 0 amide bonds. The van der Waals surface area contributed by atoms with Gasteiger partial charge in [-0.1, -0.05) is 43.7 Å². The molecule has 1 unspecified atom stereocenters. The van der Waals surface area contributed by atoms with Crippen LogP contribution in [0.2, 0.25) is 0 Å². The van der Waals surface area contributed by atoms with Crippen molar-refractivity contribution < 1.29 is 9.90 Å². The molecule has 130 valence electrons. The number of aliphatic carboxylic acids is 1. The van der Waals surface area contributed by atoms with Crippen LogP contribution in [0.1, 0.15) is 44.1 Å². The lowest BCUT2D eigenvalue weighted by Gasteiger charge is -2.18. The number of aryl methyl sites for hydroxylation is 1. The Morgan fingerprint density at radius 2 is 1.84 bits per heavy atom. The SMILES string of the molecule is Cc1ccc(-c2csc3nc(C(C)C)n(C(C)C(=O)O)c(=O)c23)cc1. The van der Waals surface area contributed by atoms with E-state index in [2.05, 4.69) is 4.98 Å². The van der Waals surface area contributed by atoms with Gasteiger partial charge in [-0.15, -0.1) is 11.3 Å². The molecule has 0 aliphatic carbocycles. The lowest BCUT2D eigenvalue weighted by atomic mass is 10.0. The van der Waals surface area contributed by atoms with Gasteiger partial charge in [0.15, 0.2) is 0 Å². The summed E-state index contributed by atoms with van der Waals surface area (Å²) in [7, 11) is 0. The van der Waals surface area contributed by atoms with E-state index in [1.807, 2.05) is 50.4 Å². The van der Waals surface area contributed by atoms with E-state index in [0.29, 0.717) is 16.0 Å². The van der Waals surface area contributed by atoms with Gasteiger partial charge in [0.25, 0.3) is 5.56 Å². The van der Waals surface area contributed by atoms with Crippen molar-refractivity contribution in [2.45, 2.75) is 39.7 Å². The molecule has 1 aromatic carbocycles. The maximum atomic E-state index is 13.2. The van der Waals surface area contributed by atoms with Gasteiger partial charge in [0.1, 0.15) is 16.7 Å². The van der Waals surface area contributed by atoms with Crippen molar-refractivity contribution in [2.24, 2.45) is 0 Å². The molecule has 6 heteroatoms. The lowest BCUT2D eigenvalue weighted by molar-refractivity contribution is -0.140. The van der Waals surface area contributed by atoms with Crippen LogP contribution < -0.4 is 5.56 Å². The third-order valence-electron chi connectivity index (χ3n) is 4.29. The molecular weight excluding hydrogens is 336 g/mol. The van der Waals surface area contributed by atoms with Crippen LogP contribution in [-0.4, -0.2) is 20.6 Å². The topological polar surface area (TPSA) is 72.2 Å². The van der Waals surface area contributed by atoms with Crippen LogP contribution >= 0.6 is 11.3 Å². The number of nitrogens with zero attached hydrogens (tertiary/aromatic N) is 2. The highest BCUT2D eigenvalue weighted by Gasteiger charge is 2.24. The monoisotopic (exact) mass is 356 g/mol. The first-order valence-electron chi connectivity index (χ1n) is 8.14. The average Bonchev–Trinajstić information content (AvgIpc) is 2.99. The number of aromatic nitrogens is 2. The summed E-state index contributed by atoms with van der Waals surface area (Å²) in [5.41, 5.74) is 2.59. The third-order valence-corrected chi connectivity index (χ3v) is 5.16. The minimum atomic E-state index is -1.04. The van der Waals surface area contributed by atoms with E-state index in [1.165, 1.54) is 22.8 Å². The van der Waals surface area contributed by atoms with E-state index in [9.17, 15) is 14.7 Å². The zero-order valence-corrected chi connectivity index (χ0v) is 15.4. The number of hydrogen-bond donors (Lipinski definition) is 1. The number of carboxylic acid groups (broad SMARTS) is 1. The molecule has 25 heavy (non-hydrogen) atoms. The number of thiophene rings is 1. The van der Waals surface area contributed by atoms with Gasteiger partial charge in [-0.3, -0.25) is 9.36 Å². The van der Waals surface area contributed by atoms with Crippen LogP contribution in [0, 0.1) is 6.92 Å².